The molecule has 2 rings (SSSR count). The van der Waals surface area contributed by atoms with Crippen molar-refractivity contribution in [2.45, 2.75) is 4.90 Å². The monoisotopic (exact) mass is 320 g/mol. The molecule has 0 saturated heterocycles. The maximum atomic E-state index is 11.1. The molecule has 2 nitrogen and oxygen atoms in total. The molecule has 2 aromatic rings. The van der Waals surface area contributed by atoms with E-state index < -0.39 is 9.05 Å². The third kappa shape index (κ3) is 2.98. The normalized spacial score (nSPS) is 11.5. The molecule has 0 aromatic heterocycles. The van der Waals surface area contributed by atoms with Crippen molar-refractivity contribution in [2.24, 2.45) is 0 Å². The Morgan fingerprint density at radius 3 is 2.00 bits per heavy atom. The fourth-order valence-corrected chi connectivity index (χ4v) is 2.81. The summed E-state index contributed by atoms with van der Waals surface area (Å²) >= 11 is 11.9. The first-order valence-corrected chi connectivity index (χ1v) is 7.94. The second-order valence-electron chi connectivity index (χ2n) is 3.59. The summed E-state index contributed by atoms with van der Waals surface area (Å²) in [6, 6.07) is 11.3. The lowest BCUT2D eigenvalue weighted by Gasteiger charge is -2.05. The van der Waals surface area contributed by atoms with E-state index in [-0.39, 0.29) is 4.90 Å². The average molecular weight is 322 g/mol. The molecule has 0 aliphatic rings. The summed E-state index contributed by atoms with van der Waals surface area (Å²) < 4.78 is 22.2. The molecule has 2 aromatic carbocycles. The highest BCUT2D eigenvalue weighted by Gasteiger charge is 2.10. The van der Waals surface area contributed by atoms with Crippen molar-refractivity contribution in [2.75, 3.05) is 0 Å². The van der Waals surface area contributed by atoms with Crippen LogP contribution >= 0.6 is 33.9 Å². The highest BCUT2D eigenvalue weighted by Crippen LogP contribution is 2.31. The van der Waals surface area contributed by atoms with Crippen LogP contribution in [0, 0.1) is 0 Å². The predicted molar refractivity (Wildman–Crippen MR) is 74.9 cm³/mol. The van der Waals surface area contributed by atoms with E-state index in [0.717, 1.165) is 11.1 Å². The van der Waals surface area contributed by atoms with E-state index >= 15 is 0 Å². The van der Waals surface area contributed by atoms with Crippen molar-refractivity contribution < 1.29 is 8.42 Å². The first-order chi connectivity index (χ1) is 8.38. The lowest BCUT2D eigenvalue weighted by Crippen LogP contribution is -1.90. The Balaban J connectivity index is 2.47. The molecular weight excluding hydrogens is 315 g/mol. The number of hydrogen-bond donors (Lipinski definition) is 0. The molecule has 0 atom stereocenters. The van der Waals surface area contributed by atoms with Gasteiger partial charge in [-0.1, -0.05) is 41.4 Å². The van der Waals surface area contributed by atoms with Crippen LogP contribution in [0.15, 0.2) is 47.4 Å². The molecule has 0 fully saturated rings. The minimum absolute atomic E-state index is 0.0537. The molecule has 0 saturated carbocycles. The molecule has 0 aliphatic heterocycles. The topological polar surface area (TPSA) is 34.1 Å². The minimum atomic E-state index is -3.70. The molecule has 0 unspecified atom stereocenters. The van der Waals surface area contributed by atoms with Gasteiger partial charge in [0.25, 0.3) is 9.05 Å². The van der Waals surface area contributed by atoms with Crippen LogP contribution in [0.4, 0.5) is 0 Å². The van der Waals surface area contributed by atoms with Crippen LogP contribution in [0.5, 0.6) is 0 Å². The van der Waals surface area contributed by atoms with Crippen LogP contribution in [-0.4, -0.2) is 8.42 Å². The molecule has 0 spiro atoms. The van der Waals surface area contributed by atoms with Crippen LogP contribution in [0.25, 0.3) is 11.1 Å². The zero-order valence-corrected chi connectivity index (χ0v) is 12.0. The average Bonchev–Trinajstić information content (AvgIpc) is 2.28. The summed E-state index contributed by atoms with van der Waals surface area (Å²) in [5.41, 5.74) is 1.57. The third-order valence-electron chi connectivity index (χ3n) is 2.38. The van der Waals surface area contributed by atoms with Crippen LogP contribution in [0.3, 0.4) is 0 Å². The molecule has 0 N–H and O–H groups in total. The van der Waals surface area contributed by atoms with Gasteiger partial charge in [0.15, 0.2) is 0 Å². The van der Waals surface area contributed by atoms with Gasteiger partial charge < -0.3 is 0 Å². The zero-order valence-electron chi connectivity index (χ0n) is 8.90. The van der Waals surface area contributed by atoms with E-state index in [1.54, 1.807) is 30.3 Å². The second-order valence-corrected chi connectivity index (χ2v) is 7.00. The van der Waals surface area contributed by atoms with Crippen molar-refractivity contribution in [1.82, 2.24) is 0 Å². The molecule has 0 amide bonds. The van der Waals surface area contributed by atoms with Gasteiger partial charge in [0.1, 0.15) is 0 Å². The predicted octanol–water partition coefficient (Wildman–Crippen LogP) is 4.59. The highest BCUT2D eigenvalue weighted by molar-refractivity contribution is 8.13. The first kappa shape index (κ1) is 13.7. The molecule has 6 heteroatoms. The van der Waals surface area contributed by atoms with Gasteiger partial charge in [-0.25, -0.2) is 8.42 Å². The summed E-state index contributed by atoms with van der Waals surface area (Å²) in [6.45, 7) is 0. The van der Waals surface area contributed by atoms with E-state index in [0.29, 0.717) is 10.0 Å². The number of hydrogen-bond acceptors (Lipinski definition) is 2. The van der Waals surface area contributed by atoms with Crippen LogP contribution < -0.4 is 0 Å². The van der Waals surface area contributed by atoms with Gasteiger partial charge in [-0.2, -0.15) is 0 Å². The summed E-state index contributed by atoms with van der Waals surface area (Å²) in [5, 5.41) is 1.05. The smallest absolute Gasteiger partial charge is 0.207 e. The minimum Gasteiger partial charge on any atom is -0.207 e. The molecule has 0 aliphatic carbocycles. The Labute approximate surface area is 120 Å². The van der Waals surface area contributed by atoms with E-state index in [1.165, 1.54) is 12.1 Å². The van der Waals surface area contributed by atoms with Gasteiger partial charge in [-0.3, -0.25) is 0 Å². The summed E-state index contributed by atoms with van der Waals surface area (Å²) in [5.74, 6) is 0. The van der Waals surface area contributed by atoms with Gasteiger partial charge in [-0.15, -0.1) is 0 Å². The van der Waals surface area contributed by atoms with E-state index in [1.807, 2.05) is 0 Å². The van der Waals surface area contributed by atoms with Crippen molar-refractivity contribution in [3.8, 4) is 11.1 Å². The maximum Gasteiger partial charge on any atom is 0.261 e. The van der Waals surface area contributed by atoms with E-state index in [2.05, 4.69) is 0 Å². The zero-order chi connectivity index (χ0) is 13.3. The third-order valence-corrected chi connectivity index (χ3v) is 4.30. The van der Waals surface area contributed by atoms with Gasteiger partial charge in [0.2, 0.25) is 0 Å². The fraction of sp³-hybridized carbons (Fsp3) is 0. The Bertz CT molecular complexity index is 679. The Hall–Kier alpha value is -0.740. The van der Waals surface area contributed by atoms with Crippen molar-refractivity contribution in [3.63, 3.8) is 0 Å². The van der Waals surface area contributed by atoms with E-state index in [4.69, 9.17) is 33.9 Å². The fourth-order valence-electron chi connectivity index (χ4n) is 1.52. The molecule has 18 heavy (non-hydrogen) atoms. The number of rotatable bonds is 2. The van der Waals surface area contributed by atoms with Crippen molar-refractivity contribution in [1.29, 1.82) is 0 Å². The van der Waals surface area contributed by atoms with Crippen LogP contribution in [0.2, 0.25) is 10.0 Å². The van der Waals surface area contributed by atoms with Gasteiger partial charge >= 0.3 is 0 Å². The SMILES string of the molecule is O=S(=O)(Cl)c1ccc(-c2ccc(Cl)cc2Cl)cc1. The van der Waals surface area contributed by atoms with Gasteiger partial charge in [0, 0.05) is 26.3 Å². The molecule has 0 heterocycles. The largest absolute Gasteiger partial charge is 0.261 e. The summed E-state index contributed by atoms with van der Waals surface area (Å²) in [6.07, 6.45) is 0. The van der Waals surface area contributed by atoms with Crippen molar-refractivity contribution in [3.05, 3.63) is 52.5 Å². The number of halogens is 3. The summed E-state index contributed by atoms with van der Waals surface area (Å²) in [7, 11) is 1.54. The van der Waals surface area contributed by atoms with Crippen molar-refractivity contribution >= 4 is 42.9 Å². The quantitative estimate of drug-likeness (QED) is 0.758. The highest BCUT2D eigenvalue weighted by atomic mass is 35.7. The van der Waals surface area contributed by atoms with Gasteiger partial charge in [0.05, 0.1) is 4.90 Å². The van der Waals surface area contributed by atoms with E-state index in [9.17, 15) is 8.42 Å². The molecule has 0 radical (unpaired) electrons. The van der Waals surface area contributed by atoms with Gasteiger partial charge in [-0.05, 0) is 29.8 Å². The Kier molecular flexibility index (Phi) is 3.87. The Morgan fingerprint density at radius 2 is 1.50 bits per heavy atom. The van der Waals surface area contributed by atoms with Crippen LogP contribution in [-0.2, 0) is 9.05 Å². The number of benzene rings is 2. The molecule has 0 bridgehead atoms. The molecule has 94 valence electrons. The lowest BCUT2D eigenvalue weighted by atomic mass is 10.1. The summed E-state index contributed by atoms with van der Waals surface area (Å²) in [4.78, 5) is 0.0537. The Morgan fingerprint density at radius 1 is 0.889 bits per heavy atom. The second kappa shape index (κ2) is 5.10. The standard InChI is InChI=1S/C12H7Cl3O2S/c13-9-3-6-11(12(14)7-9)8-1-4-10(5-2-8)18(15,16)17/h1-7H. The molecular formula is C12H7Cl3O2S. The van der Waals surface area contributed by atoms with Crippen LogP contribution in [0.1, 0.15) is 0 Å². The first-order valence-electron chi connectivity index (χ1n) is 4.88. The lowest BCUT2D eigenvalue weighted by molar-refractivity contribution is 0.609. The maximum absolute atomic E-state index is 11.1.